The number of carbonyl (C=O) groups is 1. The lowest BCUT2D eigenvalue weighted by Gasteiger charge is -2.10. The number of benzene rings is 2. The summed E-state index contributed by atoms with van der Waals surface area (Å²) in [5.41, 5.74) is 4.52. The summed E-state index contributed by atoms with van der Waals surface area (Å²) in [6, 6.07) is 15.5. The van der Waals surface area contributed by atoms with Crippen molar-refractivity contribution in [2.24, 2.45) is 5.10 Å². The molecule has 0 heterocycles. The quantitative estimate of drug-likeness (QED) is 0.580. The molecule has 0 radical (unpaired) electrons. The standard InChI is InChI=1S/C19H22N2O3S/c1-14(25-13-15-7-5-4-6-8-15)19(22)21-20-12-16-9-10-17(23-2)11-18(16)24-3/h4-12,14H,13H2,1-3H3,(H,21,22). The highest BCUT2D eigenvalue weighted by atomic mass is 32.2. The van der Waals surface area contributed by atoms with Crippen molar-refractivity contribution in [3.05, 3.63) is 59.7 Å². The van der Waals surface area contributed by atoms with Crippen LogP contribution in [0, 0.1) is 0 Å². The lowest BCUT2D eigenvalue weighted by atomic mass is 10.2. The Labute approximate surface area is 152 Å². The zero-order chi connectivity index (χ0) is 18.1. The highest BCUT2D eigenvalue weighted by Gasteiger charge is 2.12. The van der Waals surface area contributed by atoms with Crippen LogP contribution in [0.1, 0.15) is 18.1 Å². The lowest BCUT2D eigenvalue weighted by molar-refractivity contribution is -0.120. The zero-order valence-corrected chi connectivity index (χ0v) is 15.4. The number of thioether (sulfide) groups is 1. The van der Waals surface area contributed by atoms with E-state index in [-0.39, 0.29) is 11.2 Å². The van der Waals surface area contributed by atoms with Crippen molar-refractivity contribution < 1.29 is 14.3 Å². The van der Waals surface area contributed by atoms with Crippen LogP contribution in [-0.4, -0.2) is 31.6 Å². The maximum absolute atomic E-state index is 12.1. The van der Waals surface area contributed by atoms with Gasteiger partial charge in [0.1, 0.15) is 11.5 Å². The molecular formula is C19H22N2O3S. The van der Waals surface area contributed by atoms with Crippen molar-refractivity contribution >= 4 is 23.9 Å². The molecule has 0 saturated carbocycles. The second-order valence-electron chi connectivity index (χ2n) is 5.28. The van der Waals surface area contributed by atoms with Crippen molar-refractivity contribution in [1.82, 2.24) is 5.43 Å². The van der Waals surface area contributed by atoms with Gasteiger partial charge >= 0.3 is 0 Å². The van der Waals surface area contributed by atoms with Crippen LogP contribution in [0.4, 0.5) is 0 Å². The SMILES string of the molecule is COc1ccc(C=NNC(=O)C(C)SCc2ccccc2)c(OC)c1. The molecule has 0 aliphatic heterocycles. The van der Waals surface area contributed by atoms with E-state index in [0.29, 0.717) is 11.5 Å². The third-order valence-corrected chi connectivity index (χ3v) is 4.75. The molecule has 1 atom stereocenters. The first-order valence-electron chi connectivity index (χ1n) is 7.84. The summed E-state index contributed by atoms with van der Waals surface area (Å²) in [6.07, 6.45) is 1.56. The monoisotopic (exact) mass is 358 g/mol. The van der Waals surface area contributed by atoms with Crippen LogP contribution in [0.5, 0.6) is 11.5 Å². The minimum atomic E-state index is -0.199. The maximum atomic E-state index is 12.1. The van der Waals surface area contributed by atoms with E-state index in [0.717, 1.165) is 11.3 Å². The van der Waals surface area contributed by atoms with Crippen LogP contribution in [0.25, 0.3) is 0 Å². The topological polar surface area (TPSA) is 59.9 Å². The molecule has 1 unspecified atom stereocenters. The molecule has 25 heavy (non-hydrogen) atoms. The second kappa shape index (κ2) is 9.74. The molecule has 132 valence electrons. The molecule has 2 aromatic rings. The van der Waals surface area contributed by atoms with Crippen molar-refractivity contribution in [3.8, 4) is 11.5 Å². The minimum absolute atomic E-state index is 0.135. The molecule has 6 heteroatoms. The van der Waals surface area contributed by atoms with E-state index in [1.54, 1.807) is 38.3 Å². The molecule has 0 fully saturated rings. The van der Waals surface area contributed by atoms with Crippen LogP contribution >= 0.6 is 11.8 Å². The van der Waals surface area contributed by atoms with Gasteiger partial charge in [0.05, 0.1) is 25.7 Å². The van der Waals surface area contributed by atoms with Gasteiger partial charge in [-0.15, -0.1) is 11.8 Å². The molecule has 0 aliphatic carbocycles. The largest absolute Gasteiger partial charge is 0.497 e. The normalized spacial score (nSPS) is 12.0. The van der Waals surface area contributed by atoms with Crippen molar-refractivity contribution in [2.75, 3.05) is 14.2 Å². The third kappa shape index (κ3) is 5.83. The van der Waals surface area contributed by atoms with E-state index in [1.165, 1.54) is 5.56 Å². The smallest absolute Gasteiger partial charge is 0.252 e. The maximum Gasteiger partial charge on any atom is 0.252 e. The van der Waals surface area contributed by atoms with Crippen LogP contribution in [-0.2, 0) is 10.5 Å². The summed E-state index contributed by atoms with van der Waals surface area (Å²) in [7, 11) is 3.17. The van der Waals surface area contributed by atoms with E-state index in [4.69, 9.17) is 9.47 Å². The summed E-state index contributed by atoms with van der Waals surface area (Å²) in [4.78, 5) is 12.1. The first-order valence-corrected chi connectivity index (χ1v) is 8.89. The average Bonchev–Trinajstić information content (AvgIpc) is 2.66. The summed E-state index contributed by atoms with van der Waals surface area (Å²) in [5, 5.41) is 3.82. The summed E-state index contributed by atoms with van der Waals surface area (Å²) in [6.45, 7) is 1.87. The number of nitrogens with zero attached hydrogens (tertiary/aromatic N) is 1. The fourth-order valence-corrected chi connectivity index (χ4v) is 2.89. The Hall–Kier alpha value is -2.47. The van der Waals surface area contributed by atoms with Gasteiger partial charge in [-0.25, -0.2) is 5.43 Å². The van der Waals surface area contributed by atoms with E-state index >= 15 is 0 Å². The number of carbonyl (C=O) groups excluding carboxylic acids is 1. The van der Waals surface area contributed by atoms with Crippen LogP contribution in [0.3, 0.4) is 0 Å². The van der Waals surface area contributed by atoms with E-state index in [9.17, 15) is 4.79 Å². The van der Waals surface area contributed by atoms with Gasteiger partial charge < -0.3 is 9.47 Å². The minimum Gasteiger partial charge on any atom is -0.497 e. The van der Waals surface area contributed by atoms with Gasteiger partial charge in [-0.05, 0) is 24.6 Å². The Bertz CT molecular complexity index is 720. The highest BCUT2D eigenvalue weighted by Crippen LogP contribution is 2.23. The first kappa shape index (κ1) is 18.9. The third-order valence-electron chi connectivity index (χ3n) is 3.53. The Morgan fingerprint density at radius 2 is 1.96 bits per heavy atom. The molecule has 2 rings (SSSR count). The molecular weight excluding hydrogens is 336 g/mol. The first-order chi connectivity index (χ1) is 12.1. The number of hydrogen-bond acceptors (Lipinski definition) is 5. The van der Waals surface area contributed by atoms with Crippen LogP contribution < -0.4 is 14.9 Å². The van der Waals surface area contributed by atoms with Gasteiger partial charge in [0.25, 0.3) is 5.91 Å². The van der Waals surface area contributed by atoms with Crippen molar-refractivity contribution in [2.45, 2.75) is 17.9 Å². The number of ether oxygens (including phenoxy) is 2. The Kier molecular flexibility index (Phi) is 7.35. The average molecular weight is 358 g/mol. The van der Waals surface area contributed by atoms with Crippen LogP contribution in [0.15, 0.2) is 53.6 Å². The highest BCUT2D eigenvalue weighted by molar-refractivity contribution is 7.99. The zero-order valence-electron chi connectivity index (χ0n) is 14.6. The van der Waals surface area contributed by atoms with Gasteiger partial charge in [-0.3, -0.25) is 4.79 Å². The number of amides is 1. The Morgan fingerprint density at radius 3 is 2.64 bits per heavy atom. The van der Waals surface area contributed by atoms with Crippen molar-refractivity contribution in [3.63, 3.8) is 0 Å². The van der Waals surface area contributed by atoms with Gasteiger partial charge in [0.2, 0.25) is 0 Å². The number of hydrogen-bond donors (Lipinski definition) is 1. The van der Waals surface area contributed by atoms with E-state index < -0.39 is 0 Å². The Balaban J connectivity index is 1.87. The molecule has 0 aliphatic rings. The van der Waals surface area contributed by atoms with Crippen molar-refractivity contribution in [1.29, 1.82) is 0 Å². The fraction of sp³-hybridized carbons (Fsp3) is 0.263. The molecule has 2 aromatic carbocycles. The second-order valence-corrected chi connectivity index (χ2v) is 6.61. The predicted octanol–water partition coefficient (Wildman–Crippen LogP) is 3.48. The summed E-state index contributed by atoms with van der Waals surface area (Å²) < 4.78 is 10.4. The van der Waals surface area contributed by atoms with E-state index in [1.807, 2.05) is 49.4 Å². The van der Waals surface area contributed by atoms with Gasteiger partial charge in [0.15, 0.2) is 0 Å². The molecule has 1 amide bonds. The number of rotatable bonds is 8. The number of nitrogens with one attached hydrogen (secondary N) is 1. The number of hydrazone groups is 1. The summed E-state index contributed by atoms with van der Waals surface area (Å²) >= 11 is 1.57. The number of methoxy groups -OCH3 is 2. The molecule has 1 N–H and O–H groups in total. The molecule has 0 aromatic heterocycles. The van der Waals surface area contributed by atoms with E-state index in [2.05, 4.69) is 10.5 Å². The van der Waals surface area contributed by atoms with Gasteiger partial charge in [0, 0.05) is 17.4 Å². The predicted molar refractivity (Wildman–Crippen MR) is 102 cm³/mol. The van der Waals surface area contributed by atoms with Gasteiger partial charge in [-0.1, -0.05) is 30.3 Å². The van der Waals surface area contributed by atoms with Crippen LogP contribution in [0.2, 0.25) is 0 Å². The molecule has 0 bridgehead atoms. The molecule has 0 saturated heterocycles. The summed E-state index contributed by atoms with van der Waals surface area (Å²) in [5.74, 6) is 1.98. The molecule has 5 nitrogen and oxygen atoms in total. The van der Waals surface area contributed by atoms with Gasteiger partial charge in [-0.2, -0.15) is 5.10 Å². The lowest BCUT2D eigenvalue weighted by Crippen LogP contribution is -2.27. The molecule has 0 spiro atoms. The fourth-order valence-electron chi connectivity index (χ4n) is 2.05. The Morgan fingerprint density at radius 1 is 1.20 bits per heavy atom.